The Bertz CT molecular complexity index is 282. The molecule has 84 valence electrons. The molecular weight excluding hydrogens is 210 g/mol. The van der Waals surface area contributed by atoms with Gasteiger partial charge in [-0.2, -0.15) is 0 Å². The summed E-state index contributed by atoms with van der Waals surface area (Å²) in [6.07, 6.45) is 4.33. The molecule has 0 unspecified atom stereocenters. The Morgan fingerprint density at radius 1 is 1.20 bits per heavy atom. The smallest absolute Gasteiger partial charge is 0.186 e. The van der Waals surface area contributed by atoms with Crippen LogP contribution in [0.25, 0.3) is 0 Å². The second kappa shape index (κ2) is 4.94. The predicted molar refractivity (Wildman–Crippen MR) is 63.1 cm³/mol. The average molecular weight is 227 g/mol. The molecule has 2 aliphatic rings. The van der Waals surface area contributed by atoms with E-state index >= 15 is 0 Å². The van der Waals surface area contributed by atoms with Crippen molar-refractivity contribution in [1.29, 1.82) is 0 Å². The van der Waals surface area contributed by atoms with Gasteiger partial charge in [-0.05, 0) is 37.9 Å². The molecule has 0 aromatic heterocycles. The third-order valence-electron chi connectivity index (χ3n) is 3.09. The summed E-state index contributed by atoms with van der Waals surface area (Å²) in [7, 11) is 0. The Balaban J connectivity index is 2.17. The first-order valence-electron chi connectivity index (χ1n) is 5.57. The van der Waals surface area contributed by atoms with Crippen LogP contribution in [0.15, 0.2) is 11.3 Å². The lowest BCUT2D eigenvalue weighted by Gasteiger charge is -2.34. The van der Waals surface area contributed by atoms with Crippen molar-refractivity contribution in [3.8, 4) is 0 Å². The number of morpholine rings is 1. The van der Waals surface area contributed by atoms with Crippen molar-refractivity contribution in [3.05, 3.63) is 11.3 Å². The van der Waals surface area contributed by atoms with Gasteiger partial charge in [0.2, 0.25) is 0 Å². The fourth-order valence-corrected chi connectivity index (χ4v) is 2.52. The topological polar surface area (TPSA) is 32.7 Å². The van der Waals surface area contributed by atoms with E-state index in [1.54, 1.807) is 0 Å². The van der Waals surface area contributed by atoms with Gasteiger partial charge in [-0.1, -0.05) is 0 Å². The standard InChI is InChI=1S/C11H17NO2S/c13-11(15)9-3-1-2-4-10(9)12-5-7-14-8-6-12/h1-8H2,(H,13,15). The Hall–Kier alpha value is -0.610. The minimum atomic E-state index is 0.0937. The average Bonchev–Trinajstić information content (AvgIpc) is 2.30. The second-order valence-corrected chi connectivity index (χ2v) is 4.42. The molecule has 1 aliphatic heterocycles. The molecule has 0 saturated carbocycles. The van der Waals surface area contributed by atoms with Crippen molar-refractivity contribution in [2.45, 2.75) is 25.7 Å². The molecule has 3 nitrogen and oxygen atoms in total. The lowest BCUT2D eigenvalue weighted by Crippen LogP contribution is -2.37. The lowest BCUT2D eigenvalue weighted by molar-refractivity contribution is 0.0509. The number of nitrogens with zero attached hydrogens (tertiary/aromatic N) is 1. The molecule has 1 heterocycles. The molecule has 1 N–H and O–H groups in total. The number of hydrogen-bond acceptors (Lipinski definition) is 3. The number of aliphatic hydroxyl groups excluding tert-OH is 1. The number of thiocarbonyl (C=S) groups is 1. The van der Waals surface area contributed by atoms with Crippen molar-refractivity contribution in [1.82, 2.24) is 4.90 Å². The fourth-order valence-electron chi connectivity index (χ4n) is 2.30. The van der Waals surface area contributed by atoms with Gasteiger partial charge in [-0.25, -0.2) is 0 Å². The minimum absolute atomic E-state index is 0.0937. The zero-order valence-corrected chi connectivity index (χ0v) is 9.68. The number of ether oxygens (including phenoxy) is 1. The van der Waals surface area contributed by atoms with Gasteiger partial charge in [0.15, 0.2) is 5.05 Å². The van der Waals surface area contributed by atoms with E-state index < -0.39 is 0 Å². The van der Waals surface area contributed by atoms with Crippen LogP contribution in [0.2, 0.25) is 0 Å². The highest BCUT2D eigenvalue weighted by Gasteiger charge is 2.22. The number of aliphatic hydroxyl groups is 1. The summed E-state index contributed by atoms with van der Waals surface area (Å²) in [5, 5.41) is 9.59. The first kappa shape index (κ1) is 10.9. The van der Waals surface area contributed by atoms with Crippen LogP contribution in [-0.2, 0) is 4.74 Å². The zero-order valence-electron chi connectivity index (χ0n) is 8.87. The maximum absolute atomic E-state index is 9.49. The van der Waals surface area contributed by atoms with E-state index in [9.17, 15) is 5.11 Å². The van der Waals surface area contributed by atoms with E-state index in [2.05, 4.69) is 4.90 Å². The van der Waals surface area contributed by atoms with Gasteiger partial charge in [-0.15, -0.1) is 0 Å². The molecule has 2 rings (SSSR count). The van der Waals surface area contributed by atoms with Gasteiger partial charge in [0, 0.05) is 24.4 Å². The molecule has 0 amide bonds. The number of hydrogen-bond donors (Lipinski definition) is 1. The second-order valence-electron chi connectivity index (χ2n) is 4.04. The summed E-state index contributed by atoms with van der Waals surface area (Å²) < 4.78 is 5.33. The monoisotopic (exact) mass is 227 g/mol. The Morgan fingerprint density at radius 3 is 2.53 bits per heavy atom. The molecule has 1 aliphatic carbocycles. The lowest BCUT2D eigenvalue weighted by atomic mass is 9.95. The van der Waals surface area contributed by atoms with Crippen LogP contribution < -0.4 is 0 Å². The largest absolute Gasteiger partial charge is 0.499 e. The Kier molecular flexibility index (Phi) is 3.59. The predicted octanol–water partition coefficient (Wildman–Crippen LogP) is 2.03. The minimum Gasteiger partial charge on any atom is -0.499 e. The van der Waals surface area contributed by atoms with Crippen molar-refractivity contribution in [2.24, 2.45) is 0 Å². The first-order chi connectivity index (χ1) is 7.29. The quantitative estimate of drug-likeness (QED) is 0.732. The molecule has 1 saturated heterocycles. The Labute approximate surface area is 95.7 Å². The third kappa shape index (κ3) is 2.49. The first-order valence-corrected chi connectivity index (χ1v) is 5.98. The molecule has 0 atom stereocenters. The third-order valence-corrected chi connectivity index (χ3v) is 3.34. The van der Waals surface area contributed by atoms with Crippen molar-refractivity contribution in [2.75, 3.05) is 26.3 Å². The van der Waals surface area contributed by atoms with Crippen molar-refractivity contribution >= 4 is 17.3 Å². The zero-order chi connectivity index (χ0) is 10.7. The van der Waals surface area contributed by atoms with E-state index in [4.69, 9.17) is 17.0 Å². The Morgan fingerprint density at radius 2 is 1.87 bits per heavy atom. The normalized spacial score (nSPS) is 23.1. The SMILES string of the molecule is OC(=S)C1=C(N2CCOCC2)CCCC1. The molecule has 15 heavy (non-hydrogen) atoms. The molecule has 0 radical (unpaired) electrons. The van der Waals surface area contributed by atoms with Gasteiger partial charge in [-0.3, -0.25) is 0 Å². The number of rotatable bonds is 2. The number of allylic oxidation sites excluding steroid dienone is 1. The van der Waals surface area contributed by atoms with Gasteiger partial charge < -0.3 is 14.7 Å². The molecule has 0 spiro atoms. The van der Waals surface area contributed by atoms with Gasteiger partial charge in [0.25, 0.3) is 0 Å². The summed E-state index contributed by atoms with van der Waals surface area (Å²) in [6, 6.07) is 0. The summed E-state index contributed by atoms with van der Waals surface area (Å²) in [6.45, 7) is 3.44. The molecular formula is C11H17NO2S. The molecule has 1 fully saturated rings. The maximum atomic E-state index is 9.49. The van der Waals surface area contributed by atoms with Crippen molar-refractivity contribution in [3.63, 3.8) is 0 Å². The molecule has 0 aromatic rings. The van der Waals surface area contributed by atoms with E-state index in [1.165, 1.54) is 12.1 Å². The summed E-state index contributed by atoms with van der Waals surface area (Å²) in [5.74, 6) is 0. The van der Waals surface area contributed by atoms with E-state index in [0.29, 0.717) is 0 Å². The highest BCUT2D eigenvalue weighted by atomic mass is 32.1. The van der Waals surface area contributed by atoms with Crippen LogP contribution in [0.5, 0.6) is 0 Å². The summed E-state index contributed by atoms with van der Waals surface area (Å²) in [4.78, 5) is 2.32. The summed E-state index contributed by atoms with van der Waals surface area (Å²) in [5.41, 5.74) is 2.26. The van der Waals surface area contributed by atoms with E-state index in [0.717, 1.165) is 51.1 Å². The molecule has 4 heteroatoms. The van der Waals surface area contributed by atoms with E-state index in [-0.39, 0.29) is 5.05 Å². The van der Waals surface area contributed by atoms with Crippen LogP contribution >= 0.6 is 12.2 Å². The highest BCUT2D eigenvalue weighted by Crippen LogP contribution is 2.28. The van der Waals surface area contributed by atoms with Crippen LogP contribution in [0.4, 0.5) is 0 Å². The van der Waals surface area contributed by atoms with Crippen molar-refractivity contribution < 1.29 is 9.84 Å². The molecule has 0 bridgehead atoms. The van der Waals surface area contributed by atoms with Crippen LogP contribution in [-0.4, -0.2) is 41.4 Å². The fraction of sp³-hybridized carbons (Fsp3) is 0.727. The van der Waals surface area contributed by atoms with Gasteiger partial charge in [0.1, 0.15) is 0 Å². The van der Waals surface area contributed by atoms with Gasteiger partial charge in [0.05, 0.1) is 13.2 Å². The van der Waals surface area contributed by atoms with Crippen LogP contribution in [0, 0.1) is 0 Å². The van der Waals surface area contributed by atoms with Crippen LogP contribution in [0.3, 0.4) is 0 Å². The van der Waals surface area contributed by atoms with Crippen LogP contribution in [0.1, 0.15) is 25.7 Å². The summed E-state index contributed by atoms with van der Waals surface area (Å²) >= 11 is 4.90. The maximum Gasteiger partial charge on any atom is 0.186 e. The molecule has 0 aromatic carbocycles. The van der Waals surface area contributed by atoms with Gasteiger partial charge >= 0.3 is 0 Å². The highest BCUT2D eigenvalue weighted by molar-refractivity contribution is 7.80. The van der Waals surface area contributed by atoms with E-state index in [1.807, 2.05) is 0 Å².